The van der Waals surface area contributed by atoms with Gasteiger partial charge in [0.25, 0.3) is 0 Å². The number of amides is 1. The van der Waals surface area contributed by atoms with Crippen LogP contribution in [-0.4, -0.2) is 45.7 Å². The number of rotatable bonds is 6. The van der Waals surface area contributed by atoms with Gasteiger partial charge in [-0.15, -0.1) is 10.2 Å². The number of halogens is 1. The Morgan fingerprint density at radius 1 is 1.43 bits per heavy atom. The highest BCUT2D eigenvalue weighted by Crippen LogP contribution is 2.18. The average Bonchev–Trinajstić information content (AvgIpc) is 2.97. The summed E-state index contributed by atoms with van der Waals surface area (Å²) in [7, 11) is 0. The summed E-state index contributed by atoms with van der Waals surface area (Å²) in [5.41, 5.74) is 0.816. The van der Waals surface area contributed by atoms with E-state index in [1.54, 1.807) is 12.1 Å². The molecule has 1 saturated heterocycles. The van der Waals surface area contributed by atoms with Crippen LogP contribution < -0.4 is 10.6 Å². The molecule has 0 aliphatic carbocycles. The molecule has 7 nitrogen and oxygen atoms in total. The van der Waals surface area contributed by atoms with E-state index in [4.69, 9.17) is 11.6 Å². The fourth-order valence-electron chi connectivity index (χ4n) is 2.38. The Morgan fingerprint density at radius 3 is 2.78 bits per heavy atom. The van der Waals surface area contributed by atoms with Gasteiger partial charge in [-0.3, -0.25) is 4.79 Å². The van der Waals surface area contributed by atoms with Crippen LogP contribution in [0.5, 0.6) is 0 Å². The van der Waals surface area contributed by atoms with Crippen molar-refractivity contribution in [3.05, 3.63) is 29.3 Å². The Kier molecular flexibility index (Phi) is 4.88. The summed E-state index contributed by atoms with van der Waals surface area (Å²) < 4.78 is 0. The maximum Gasteiger partial charge on any atom is 0.246 e. The molecule has 1 unspecified atom stereocenters. The number of carbonyl (C=O) groups is 1. The van der Waals surface area contributed by atoms with E-state index in [0.29, 0.717) is 29.7 Å². The van der Waals surface area contributed by atoms with E-state index in [9.17, 15) is 4.79 Å². The maximum absolute atomic E-state index is 12.3. The number of hydrogen-bond donors (Lipinski definition) is 2. The Morgan fingerprint density at radius 2 is 2.17 bits per heavy atom. The lowest BCUT2D eigenvalue weighted by molar-refractivity contribution is -0.125. The minimum atomic E-state index is -0.448. The van der Waals surface area contributed by atoms with Gasteiger partial charge in [0.05, 0.1) is 0 Å². The van der Waals surface area contributed by atoms with Crippen LogP contribution in [0.2, 0.25) is 5.02 Å². The SMILES string of the molecule is CCC(C(=O)NCC1CNC1)n1nnc(-c2ccc(Cl)cc2)n1. The van der Waals surface area contributed by atoms with Gasteiger partial charge in [-0.05, 0) is 35.9 Å². The number of nitrogens with one attached hydrogen (secondary N) is 2. The molecule has 23 heavy (non-hydrogen) atoms. The Hall–Kier alpha value is -1.99. The van der Waals surface area contributed by atoms with Gasteiger partial charge < -0.3 is 10.6 Å². The van der Waals surface area contributed by atoms with Crippen molar-refractivity contribution in [2.45, 2.75) is 19.4 Å². The van der Waals surface area contributed by atoms with E-state index in [0.717, 1.165) is 18.7 Å². The number of aromatic nitrogens is 4. The summed E-state index contributed by atoms with van der Waals surface area (Å²) in [6.07, 6.45) is 0.602. The molecule has 8 heteroatoms. The molecule has 0 spiro atoms. The van der Waals surface area contributed by atoms with Crippen molar-refractivity contribution in [3.63, 3.8) is 0 Å². The van der Waals surface area contributed by atoms with E-state index < -0.39 is 6.04 Å². The average molecular weight is 335 g/mol. The number of benzene rings is 1. The standard InChI is InChI=1S/C15H19ClN6O/c1-2-13(15(23)18-9-10-7-17-8-10)22-20-14(19-21-22)11-3-5-12(16)6-4-11/h3-6,10,13,17H,2,7-9H2,1H3,(H,18,23). The van der Waals surface area contributed by atoms with E-state index in [2.05, 4.69) is 26.0 Å². The summed E-state index contributed by atoms with van der Waals surface area (Å²) in [6.45, 7) is 4.53. The first-order valence-corrected chi connectivity index (χ1v) is 8.09. The van der Waals surface area contributed by atoms with Crippen LogP contribution in [-0.2, 0) is 4.79 Å². The van der Waals surface area contributed by atoms with Crippen LogP contribution in [0.15, 0.2) is 24.3 Å². The topological polar surface area (TPSA) is 84.7 Å². The quantitative estimate of drug-likeness (QED) is 0.831. The highest BCUT2D eigenvalue weighted by Gasteiger charge is 2.24. The maximum atomic E-state index is 12.3. The molecule has 2 heterocycles. The highest BCUT2D eigenvalue weighted by atomic mass is 35.5. The van der Waals surface area contributed by atoms with Gasteiger partial charge in [-0.1, -0.05) is 18.5 Å². The van der Waals surface area contributed by atoms with Crippen molar-refractivity contribution in [1.29, 1.82) is 0 Å². The van der Waals surface area contributed by atoms with Gasteiger partial charge in [-0.25, -0.2) is 0 Å². The first kappa shape index (κ1) is 15.9. The molecule has 0 saturated carbocycles. The molecule has 0 bridgehead atoms. The zero-order valence-electron chi connectivity index (χ0n) is 12.9. The third kappa shape index (κ3) is 3.68. The molecule has 1 aromatic heterocycles. The molecule has 1 aliphatic heterocycles. The van der Waals surface area contributed by atoms with Crippen LogP contribution in [0.1, 0.15) is 19.4 Å². The number of carbonyl (C=O) groups excluding carboxylic acids is 1. The highest BCUT2D eigenvalue weighted by molar-refractivity contribution is 6.30. The van der Waals surface area contributed by atoms with E-state index in [-0.39, 0.29) is 5.91 Å². The van der Waals surface area contributed by atoms with Crippen molar-refractivity contribution < 1.29 is 4.79 Å². The second-order valence-corrected chi connectivity index (χ2v) is 6.07. The predicted molar refractivity (Wildman–Crippen MR) is 87.0 cm³/mol. The van der Waals surface area contributed by atoms with Crippen molar-refractivity contribution in [1.82, 2.24) is 30.8 Å². The molecular formula is C15H19ClN6O. The van der Waals surface area contributed by atoms with Gasteiger partial charge in [0, 0.05) is 36.1 Å². The fourth-order valence-corrected chi connectivity index (χ4v) is 2.51. The number of tetrazole rings is 1. The molecule has 1 aromatic carbocycles. The van der Waals surface area contributed by atoms with E-state index in [1.165, 1.54) is 4.80 Å². The largest absolute Gasteiger partial charge is 0.354 e. The third-order valence-corrected chi connectivity index (χ3v) is 4.18. The van der Waals surface area contributed by atoms with Gasteiger partial charge >= 0.3 is 0 Å². The van der Waals surface area contributed by atoms with Crippen LogP contribution >= 0.6 is 11.6 Å². The molecule has 2 aromatic rings. The molecule has 3 rings (SSSR count). The van der Waals surface area contributed by atoms with E-state index >= 15 is 0 Å². The fraction of sp³-hybridized carbons (Fsp3) is 0.467. The van der Waals surface area contributed by atoms with Crippen molar-refractivity contribution in [2.75, 3.05) is 19.6 Å². The van der Waals surface area contributed by atoms with Crippen LogP contribution in [0.4, 0.5) is 0 Å². The van der Waals surface area contributed by atoms with Gasteiger partial charge in [0.1, 0.15) is 0 Å². The second-order valence-electron chi connectivity index (χ2n) is 5.63. The summed E-state index contributed by atoms with van der Waals surface area (Å²) in [6, 6.07) is 6.75. The second kappa shape index (κ2) is 7.06. The zero-order chi connectivity index (χ0) is 16.2. The molecule has 1 fully saturated rings. The number of hydrogen-bond acceptors (Lipinski definition) is 5. The molecule has 122 valence electrons. The first-order chi connectivity index (χ1) is 11.2. The van der Waals surface area contributed by atoms with Crippen molar-refractivity contribution >= 4 is 17.5 Å². The predicted octanol–water partition coefficient (Wildman–Crippen LogP) is 1.28. The van der Waals surface area contributed by atoms with Crippen molar-refractivity contribution in [3.8, 4) is 11.4 Å². The normalized spacial score (nSPS) is 15.9. The number of nitrogens with zero attached hydrogens (tertiary/aromatic N) is 4. The monoisotopic (exact) mass is 334 g/mol. The zero-order valence-corrected chi connectivity index (χ0v) is 13.6. The van der Waals surface area contributed by atoms with Gasteiger partial charge in [0.15, 0.2) is 6.04 Å². The summed E-state index contributed by atoms with van der Waals surface area (Å²) in [5, 5.41) is 19.2. The van der Waals surface area contributed by atoms with Gasteiger partial charge in [0.2, 0.25) is 11.7 Å². The minimum Gasteiger partial charge on any atom is -0.354 e. The van der Waals surface area contributed by atoms with Crippen LogP contribution in [0, 0.1) is 5.92 Å². The Labute approximate surface area is 139 Å². The minimum absolute atomic E-state index is 0.0699. The van der Waals surface area contributed by atoms with E-state index in [1.807, 2.05) is 19.1 Å². The lowest BCUT2D eigenvalue weighted by Crippen LogP contribution is -2.49. The summed E-state index contributed by atoms with van der Waals surface area (Å²) >= 11 is 5.88. The third-order valence-electron chi connectivity index (χ3n) is 3.93. The smallest absolute Gasteiger partial charge is 0.246 e. The molecule has 0 radical (unpaired) electrons. The molecule has 1 amide bonds. The first-order valence-electron chi connectivity index (χ1n) is 7.71. The van der Waals surface area contributed by atoms with Crippen LogP contribution in [0.3, 0.4) is 0 Å². The lowest BCUT2D eigenvalue weighted by atomic mass is 10.0. The molecule has 1 aliphatic rings. The van der Waals surface area contributed by atoms with Crippen LogP contribution in [0.25, 0.3) is 11.4 Å². The summed E-state index contributed by atoms with van der Waals surface area (Å²) in [4.78, 5) is 13.7. The Bertz CT molecular complexity index is 667. The molecule has 1 atom stereocenters. The Balaban J connectivity index is 1.68. The molecule has 2 N–H and O–H groups in total. The van der Waals surface area contributed by atoms with Gasteiger partial charge in [-0.2, -0.15) is 4.80 Å². The summed E-state index contributed by atoms with van der Waals surface area (Å²) in [5.74, 6) is 0.931. The molecular weight excluding hydrogens is 316 g/mol. The van der Waals surface area contributed by atoms with Crippen molar-refractivity contribution in [2.24, 2.45) is 5.92 Å². The lowest BCUT2D eigenvalue weighted by Gasteiger charge is -2.27.